The van der Waals surface area contributed by atoms with E-state index in [-0.39, 0.29) is 0 Å². The molecular weight excluding hydrogens is 194 g/mol. The zero-order valence-corrected chi connectivity index (χ0v) is 8.92. The minimum absolute atomic E-state index is 0.748. The fraction of sp³-hybridized carbons (Fsp3) is 0.571. The number of aryl methyl sites for hydroxylation is 2. The molecule has 3 nitrogen and oxygen atoms in total. The molecule has 1 rings (SSSR count). The van der Waals surface area contributed by atoms with Crippen molar-refractivity contribution in [3.8, 4) is 0 Å². The van der Waals surface area contributed by atoms with Gasteiger partial charge in [0.25, 0.3) is 0 Å². The zero-order chi connectivity index (χ0) is 9.14. The summed E-state index contributed by atoms with van der Waals surface area (Å²) in [4.78, 5) is 4.24. The topological polar surface area (TPSA) is 39.2 Å². The average molecular weight is 205 g/mol. The van der Waals surface area contributed by atoms with Crippen molar-refractivity contribution in [2.24, 2.45) is 0 Å². The van der Waals surface area contributed by atoms with E-state index in [1.54, 1.807) is 0 Å². The summed E-state index contributed by atoms with van der Waals surface area (Å²) in [6.07, 6.45) is 0.800. The Morgan fingerprint density at radius 3 is 2.83 bits per heavy atom. The Kier molecular flexibility index (Phi) is 3.37. The molecule has 0 bridgehead atoms. The van der Waals surface area contributed by atoms with Crippen LogP contribution in [-0.4, -0.2) is 16.3 Å². The van der Waals surface area contributed by atoms with E-state index in [0.29, 0.717) is 0 Å². The molecule has 0 saturated heterocycles. The molecule has 0 aliphatic heterocycles. The van der Waals surface area contributed by atoms with Crippen LogP contribution in [0, 0.1) is 6.92 Å². The van der Waals surface area contributed by atoms with Crippen molar-refractivity contribution in [2.75, 3.05) is 7.11 Å². The van der Waals surface area contributed by atoms with Crippen LogP contribution >= 0.6 is 11.3 Å². The number of thiazole rings is 1. The van der Waals surface area contributed by atoms with E-state index in [4.69, 9.17) is 4.18 Å². The summed E-state index contributed by atoms with van der Waals surface area (Å²) in [5, 5.41) is 0.937. The van der Waals surface area contributed by atoms with E-state index in [0.717, 1.165) is 21.3 Å². The monoisotopic (exact) mass is 205 g/mol. The highest BCUT2D eigenvalue weighted by Gasteiger charge is 2.13. The van der Waals surface area contributed by atoms with Gasteiger partial charge in [0, 0.05) is 0 Å². The fourth-order valence-electron chi connectivity index (χ4n) is 0.881. The second kappa shape index (κ2) is 4.11. The number of aromatic nitrogens is 1. The van der Waals surface area contributed by atoms with Gasteiger partial charge in [-0.3, -0.25) is 4.18 Å². The predicted molar refractivity (Wildman–Crippen MR) is 49.6 cm³/mol. The van der Waals surface area contributed by atoms with Crippen LogP contribution in [0.2, 0.25) is 0 Å². The minimum atomic E-state index is -1.32. The van der Waals surface area contributed by atoms with Crippen molar-refractivity contribution in [3.63, 3.8) is 0 Å². The van der Waals surface area contributed by atoms with Crippen LogP contribution in [0.15, 0.2) is 4.21 Å². The molecule has 68 valence electrons. The second-order valence-electron chi connectivity index (χ2n) is 2.22. The van der Waals surface area contributed by atoms with E-state index < -0.39 is 11.1 Å². The summed E-state index contributed by atoms with van der Waals surface area (Å²) < 4.78 is 16.7. The van der Waals surface area contributed by atoms with Gasteiger partial charge in [0.15, 0.2) is 0 Å². The Bertz CT molecular complexity index is 296. The first-order valence-electron chi connectivity index (χ1n) is 3.61. The Morgan fingerprint density at radius 2 is 2.33 bits per heavy atom. The highest BCUT2D eigenvalue weighted by atomic mass is 32.2. The standard InChI is InChI=1S/C7H11NO2S2/c1-4-6-7(12(9)10-3)11-5(2)8-6/h4H2,1-3H3. The normalized spacial score (nSPS) is 13.2. The molecule has 0 amide bonds. The first kappa shape index (κ1) is 9.83. The SMILES string of the molecule is CCc1nc(C)sc1S(=O)OC. The van der Waals surface area contributed by atoms with E-state index >= 15 is 0 Å². The van der Waals surface area contributed by atoms with Crippen molar-refractivity contribution in [1.82, 2.24) is 4.98 Å². The number of rotatable bonds is 3. The Labute approximate surface area is 78.4 Å². The lowest BCUT2D eigenvalue weighted by Crippen LogP contribution is -1.94. The molecule has 0 aliphatic carbocycles. The molecule has 1 heterocycles. The maximum atomic E-state index is 11.3. The summed E-state index contributed by atoms with van der Waals surface area (Å²) in [7, 11) is 1.44. The van der Waals surface area contributed by atoms with Gasteiger partial charge < -0.3 is 0 Å². The number of hydrogen-bond acceptors (Lipinski definition) is 4. The van der Waals surface area contributed by atoms with Gasteiger partial charge in [0.1, 0.15) is 4.21 Å². The smallest absolute Gasteiger partial charge is 0.201 e. The summed E-state index contributed by atoms with van der Waals surface area (Å²) >= 11 is 0.110. The van der Waals surface area contributed by atoms with Crippen LogP contribution in [-0.2, 0) is 21.7 Å². The van der Waals surface area contributed by atoms with Crippen LogP contribution in [0.3, 0.4) is 0 Å². The highest BCUT2D eigenvalue weighted by molar-refractivity contribution is 7.82. The third kappa shape index (κ3) is 1.91. The van der Waals surface area contributed by atoms with Gasteiger partial charge in [-0.15, -0.1) is 11.3 Å². The molecule has 1 unspecified atom stereocenters. The Morgan fingerprint density at radius 1 is 1.67 bits per heavy atom. The van der Waals surface area contributed by atoms with Crippen molar-refractivity contribution in [1.29, 1.82) is 0 Å². The molecule has 0 radical (unpaired) electrons. The van der Waals surface area contributed by atoms with Gasteiger partial charge in [-0.2, -0.15) is 0 Å². The molecule has 12 heavy (non-hydrogen) atoms. The largest absolute Gasteiger partial charge is 0.289 e. The maximum absolute atomic E-state index is 11.3. The first-order valence-corrected chi connectivity index (χ1v) is 5.50. The molecule has 0 aliphatic rings. The van der Waals surface area contributed by atoms with Crippen LogP contribution in [0.5, 0.6) is 0 Å². The minimum Gasteiger partial charge on any atom is -0.289 e. The van der Waals surface area contributed by atoms with Crippen molar-refractivity contribution < 1.29 is 8.39 Å². The molecule has 0 spiro atoms. The van der Waals surface area contributed by atoms with E-state index in [9.17, 15) is 4.21 Å². The van der Waals surface area contributed by atoms with Crippen LogP contribution < -0.4 is 0 Å². The molecular formula is C7H11NO2S2. The molecule has 1 aromatic rings. The zero-order valence-electron chi connectivity index (χ0n) is 7.29. The van der Waals surface area contributed by atoms with Crippen molar-refractivity contribution in [2.45, 2.75) is 24.5 Å². The summed E-state index contributed by atoms with van der Waals surface area (Å²) in [5.74, 6) is 0. The fourth-order valence-corrected chi connectivity index (χ4v) is 2.98. The number of hydrogen-bond donors (Lipinski definition) is 0. The van der Waals surface area contributed by atoms with E-state index in [1.807, 2.05) is 13.8 Å². The van der Waals surface area contributed by atoms with Gasteiger partial charge in [0.05, 0.1) is 17.8 Å². The average Bonchev–Trinajstić information content (AvgIpc) is 2.45. The van der Waals surface area contributed by atoms with E-state index in [1.165, 1.54) is 18.4 Å². The third-order valence-corrected chi connectivity index (χ3v) is 3.71. The van der Waals surface area contributed by atoms with Gasteiger partial charge in [-0.05, 0) is 13.3 Å². The lowest BCUT2D eigenvalue weighted by atomic mass is 10.4. The van der Waals surface area contributed by atoms with Gasteiger partial charge >= 0.3 is 0 Å². The lowest BCUT2D eigenvalue weighted by Gasteiger charge is -1.95. The molecule has 5 heteroatoms. The maximum Gasteiger partial charge on any atom is 0.201 e. The first-order chi connectivity index (χ1) is 5.69. The van der Waals surface area contributed by atoms with Gasteiger partial charge in [-0.1, -0.05) is 6.92 Å². The van der Waals surface area contributed by atoms with Gasteiger partial charge in [0.2, 0.25) is 11.1 Å². The van der Waals surface area contributed by atoms with E-state index in [2.05, 4.69) is 4.98 Å². The summed E-state index contributed by atoms with van der Waals surface area (Å²) in [6, 6.07) is 0. The molecule has 0 saturated carbocycles. The van der Waals surface area contributed by atoms with Crippen molar-refractivity contribution in [3.05, 3.63) is 10.7 Å². The quantitative estimate of drug-likeness (QED) is 0.753. The van der Waals surface area contributed by atoms with Crippen LogP contribution in [0.25, 0.3) is 0 Å². The van der Waals surface area contributed by atoms with Crippen LogP contribution in [0.4, 0.5) is 0 Å². The lowest BCUT2D eigenvalue weighted by molar-refractivity contribution is 0.446. The Balaban J connectivity index is 3.04. The van der Waals surface area contributed by atoms with Gasteiger partial charge in [-0.25, -0.2) is 9.19 Å². The summed E-state index contributed by atoms with van der Waals surface area (Å²) in [5.41, 5.74) is 0.887. The molecule has 1 atom stereocenters. The van der Waals surface area contributed by atoms with Crippen molar-refractivity contribution >= 4 is 22.4 Å². The molecule has 0 N–H and O–H groups in total. The molecule has 0 aromatic carbocycles. The second-order valence-corrected chi connectivity index (χ2v) is 4.89. The Hall–Kier alpha value is -0.260. The number of nitrogens with zero attached hydrogens (tertiary/aromatic N) is 1. The predicted octanol–water partition coefficient (Wildman–Crippen LogP) is 1.68. The third-order valence-electron chi connectivity index (χ3n) is 1.41. The molecule has 1 aromatic heterocycles. The van der Waals surface area contributed by atoms with Crippen LogP contribution in [0.1, 0.15) is 17.6 Å². The molecule has 0 fully saturated rings. The summed E-state index contributed by atoms with van der Waals surface area (Å²) in [6.45, 7) is 3.89. The highest BCUT2D eigenvalue weighted by Crippen LogP contribution is 2.22.